The minimum atomic E-state index is 0.0599. The van der Waals surface area contributed by atoms with Gasteiger partial charge in [0.15, 0.2) is 0 Å². The summed E-state index contributed by atoms with van der Waals surface area (Å²) in [5.41, 5.74) is 4.34. The van der Waals surface area contributed by atoms with Crippen molar-refractivity contribution < 1.29 is 9.53 Å². The monoisotopic (exact) mass is 489 g/mol. The summed E-state index contributed by atoms with van der Waals surface area (Å²) in [5.74, 6) is 2.13. The number of ether oxygens (including phenoxy) is 1. The Labute approximate surface area is 217 Å². The lowest BCUT2D eigenvalue weighted by atomic mass is 10.1. The molecule has 0 radical (unpaired) electrons. The molecule has 0 aliphatic carbocycles. The first-order valence-electron chi connectivity index (χ1n) is 13.2. The lowest BCUT2D eigenvalue weighted by Gasteiger charge is -2.18. The van der Waals surface area contributed by atoms with E-state index in [2.05, 4.69) is 72.2 Å². The van der Waals surface area contributed by atoms with E-state index in [-0.39, 0.29) is 11.8 Å². The predicted octanol–water partition coefficient (Wildman–Crippen LogP) is 6.74. The van der Waals surface area contributed by atoms with Crippen LogP contribution >= 0.6 is 0 Å². The Morgan fingerprint density at radius 3 is 2.57 bits per heavy atom. The molecule has 186 valence electrons. The average molecular weight is 490 g/mol. The molecule has 37 heavy (non-hydrogen) atoms. The second kappa shape index (κ2) is 10.1. The van der Waals surface area contributed by atoms with Gasteiger partial charge in [-0.3, -0.25) is 4.79 Å². The number of para-hydroxylation sites is 2. The molecule has 1 aromatic heterocycles. The van der Waals surface area contributed by atoms with Crippen LogP contribution in [0.3, 0.4) is 0 Å². The van der Waals surface area contributed by atoms with E-state index in [1.54, 1.807) is 0 Å². The largest absolute Gasteiger partial charge is 0.493 e. The Kier molecular flexibility index (Phi) is 6.35. The van der Waals surface area contributed by atoms with Gasteiger partial charge in [-0.15, -0.1) is 0 Å². The topological polar surface area (TPSA) is 47.4 Å². The number of aryl methyl sites for hydroxylation is 2. The zero-order valence-electron chi connectivity index (χ0n) is 21.1. The van der Waals surface area contributed by atoms with Crippen molar-refractivity contribution in [3.8, 4) is 5.75 Å². The number of fused-ring (bicyclic) bond motifs is 2. The van der Waals surface area contributed by atoms with Crippen LogP contribution in [0.1, 0.15) is 37.1 Å². The Balaban J connectivity index is 1.20. The molecule has 1 atom stereocenters. The second-order valence-electron chi connectivity index (χ2n) is 9.72. The maximum Gasteiger partial charge on any atom is 0.227 e. The minimum absolute atomic E-state index is 0.0599. The SMILES string of the molecule is CCc1ccc(N2CC(c3nc4ccccc4n3CCCOc3cccc4ccccc34)CC2=O)cc1. The number of rotatable bonds is 8. The number of anilines is 1. The molecule has 6 rings (SSSR count). The summed E-state index contributed by atoms with van der Waals surface area (Å²) in [7, 11) is 0. The first-order chi connectivity index (χ1) is 18.2. The van der Waals surface area contributed by atoms with E-state index in [1.165, 1.54) is 10.9 Å². The molecule has 0 N–H and O–H groups in total. The zero-order chi connectivity index (χ0) is 25.2. The van der Waals surface area contributed by atoms with Gasteiger partial charge < -0.3 is 14.2 Å². The summed E-state index contributed by atoms with van der Waals surface area (Å²) in [6, 6.07) is 31.1. The van der Waals surface area contributed by atoms with E-state index in [9.17, 15) is 4.79 Å². The van der Waals surface area contributed by atoms with Crippen molar-refractivity contribution in [1.29, 1.82) is 0 Å². The second-order valence-corrected chi connectivity index (χ2v) is 9.72. The highest BCUT2D eigenvalue weighted by atomic mass is 16.5. The number of hydrogen-bond donors (Lipinski definition) is 0. The third kappa shape index (κ3) is 4.57. The highest BCUT2D eigenvalue weighted by Crippen LogP contribution is 2.33. The molecule has 1 amide bonds. The number of carbonyl (C=O) groups excluding carboxylic acids is 1. The van der Waals surface area contributed by atoms with Crippen LogP contribution in [0, 0.1) is 0 Å². The molecule has 1 saturated heterocycles. The number of benzene rings is 4. The van der Waals surface area contributed by atoms with Crippen molar-refractivity contribution in [2.45, 2.75) is 38.6 Å². The number of amides is 1. The van der Waals surface area contributed by atoms with Crippen LogP contribution in [0.2, 0.25) is 0 Å². The third-order valence-corrected chi connectivity index (χ3v) is 7.36. The van der Waals surface area contributed by atoms with Gasteiger partial charge in [-0.2, -0.15) is 0 Å². The molecule has 2 heterocycles. The quantitative estimate of drug-likeness (QED) is 0.227. The van der Waals surface area contributed by atoms with E-state index in [0.717, 1.165) is 53.1 Å². The van der Waals surface area contributed by atoms with Gasteiger partial charge in [0.05, 0.1) is 17.6 Å². The Hall–Kier alpha value is -4.12. The molecule has 1 fully saturated rings. The Morgan fingerprint density at radius 1 is 0.919 bits per heavy atom. The van der Waals surface area contributed by atoms with Gasteiger partial charge in [0, 0.05) is 36.5 Å². The van der Waals surface area contributed by atoms with Gasteiger partial charge >= 0.3 is 0 Å². The van der Waals surface area contributed by atoms with Crippen LogP contribution in [0.4, 0.5) is 5.69 Å². The molecule has 1 aliphatic heterocycles. The summed E-state index contributed by atoms with van der Waals surface area (Å²) < 4.78 is 8.50. The van der Waals surface area contributed by atoms with Crippen LogP contribution in [0.15, 0.2) is 91.0 Å². The molecule has 4 aromatic carbocycles. The van der Waals surface area contributed by atoms with E-state index < -0.39 is 0 Å². The van der Waals surface area contributed by atoms with Gasteiger partial charge in [-0.1, -0.05) is 67.6 Å². The highest BCUT2D eigenvalue weighted by molar-refractivity contribution is 5.96. The fraction of sp³-hybridized carbons (Fsp3) is 0.250. The van der Waals surface area contributed by atoms with Gasteiger partial charge in [0.1, 0.15) is 11.6 Å². The lowest BCUT2D eigenvalue weighted by molar-refractivity contribution is -0.117. The molecular formula is C32H31N3O2. The predicted molar refractivity (Wildman–Crippen MR) is 149 cm³/mol. The van der Waals surface area contributed by atoms with Gasteiger partial charge in [0.25, 0.3) is 0 Å². The maximum absolute atomic E-state index is 13.0. The van der Waals surface area contributed by atoms with Gasteiger partial charge in [-0.25, -0.2) is 4.98 Å². The van der Waals surface area contributed by atoms with E-state index >= 15 is 0 Å². The van der Waals surface area contributed by atoms with Crippen LogP contribution in [0.5, 0.6) is 5.75 Å². The van der Waals surface area contributed by atoms with Gasteiger partial charge in [-0.05, 0) is 54.1 Å². The summed E-state index contributed by atoms with van der Waals surface area (Å²) >= 11 is 0. The average Bonchev–Trinajstić information content (AvgIpc) is 3.51. The highest BCUT2D eigenvalue weighted by Gasteiger charge is 2.34. The van der Waals surface area contributed by atoms with E-state index in [1.807, 2.05) is 35.2 Å². The molecule has 0 saturated carbocycles. The summed E-state index contributed by atoms with van der Waals surface area (Å²) in [4.78, 5) is 20.0. The van der Waals surface area contributed by atoms with Crippen LogP contribution in [0.25, 0.3) is 21.8 Å². The summed E-state index contributed by atoms with van der Waals surface area (Å²) in [6.45, 7) is 4.19. The standard InChI is InChI=1S/C32H31N3O2/c1-2-23-15-17-26(18-16-23)35-22-25(21-31(35)36)32-33-28-12-5-6-13-29(28)34(32)19-8-20-37-30-14-7-10-24-9-3-4-11-27(24)30/h3-7,9-18,25H,2,8,19-22H2,1H3. The maximum atomic E-state index is 13.0. The number of nitrogens with zero attached hydrogens (tertiary/aromatic N) is 3. The molecule has 5 heteroatoms. The van der Waals surface area contributed by atoms with Gasteiger partial charge in [0.2, 0.25) is 5.91 Å². The molecule has 5 aromatic rings. The zero-order valence-corrected chi connectivity index (χ0v) is 21.1. The molecule has 5 nitrogen and oxygen atoms in total. The molecule has 1 aliphatic rings. The number of hydrogen-bond acceptors (Lipinski definition) is 3. The number of imidazole rings is 1. The first-order valence-corrected chi connectivity index (χ1v) is 13.2. The Morgan fingerprint density at radius 2 is 1.70 bits per heavy atom. The van der Waals surface area contributed by atoms with Crippen LogP contribution < -0.4 is 9.64 Å². The number of carbonyl (C=O) groups is 1. The van der Waals surface area contributed by atoms with Crippen LogP contribution in [-0.4, -0.2) is 28.6 Å². The normalized spacial score (nSPS) is 15.6. The minimum Gasteiger partial charge on any atom is -0.493 e. The van der Waals surface area contributed by atoms with E-state index in [4.69, 9.17) is 9.72 Å². The van der Waals surface area contributed by atoms with Crippen LogP contribution in [-0.2, 0) is 17.8 Å². The summed E-state index contributed by atoms with van der Waals surface area (Å²) in [6.07, 6.45) is 2.32. The van der Waals surface area contributed by atoms with Crippen molar-refractivity contribution in [2.75, 3.05) is 18.1 Å². The fourth-order valence-electron chi connectivity index (χ4n) is 5.41. The molecule has 0 spiro atoms. The van der Waals surface area contributed by atoms with Crippen molar-refractivity contribution in [1.82, 2.24) is 9.55 Å². The molecule has 1 unspecified atom stereocenters. The van der Waals surface area contributed by atoms with E-state index in [0.29, 0.717) is 19.6 Å². The fourth-order valence-corrected chi connectivity index (χ4v) is 5.41. The molecule has 0 bridgehead atoms. The van der Waals surface area contributed by atoms with Crippen molar-refractivity contribution in [3.05, 3.63) is 102 Å². The smallest absolute Gasteiger partial charge is 0.227 e. The first kappa shape index (κ1) is 23.3. The summed E-state index contributed by atoms with van der Waals surface area (Å²) in [5, 5.41) is 2.32. The Bertz CT molecular complexity index is 1550. The molecular weight excluding hydrogens is 458 g/mol. The third-order valence-electron chi connectivity index (χ3n) is 7.36. The van der Waals surface area contributed by atoms with Crippen molar-refractivity contribution in [3.63, 3.8) is 0 Å². The van der Waals surface area contributed by atoms with Crippen molar-refractivity contribution in [2.24, 2.45) is 0 Å². The lowest BCUT2D eigenvalue weighted by Crippen LogP contribution is -2.24. The number of aromatic nitrogens is 2. The van der Waals surface area contributed by atoms with Crippen molar-refractivity contribution >= 4 is 33.4 Å².